The normalized spacial score (nSPS) is 16.8. The van der Waals surface area contributed by atoms with Crippen molar-refractivity contribution in [2.45, 2.75) is 25.3 Å². The lowest BCUT2D eigenvalue weighted by Crippen LogP contribution is -2.20. The van der Waals surface area contributed by atoms with Gasteiger partial charge in [0.05, 0.1) is 11.4 Å². The minimum absolute atomic E-state index is 0.177. The lowest BCUT2D eigenvalue weighted by molar-refractivity contribution is 0.454. The van der Waals surface area contributed by atoms with E-state index in [1.54, 1.807) is 6.20 Å². The summed E-state index contributed by atoms with van der Waals surface area (Å²) in [6, 6.07) is 10.1. The molecule has 0 saturated heterocycles. The van der Waals surface area contributed by atoms with Crippen LogP contribution < -0.4 is 0 Å². The number of rotatable bonds is 2. The van der Waals surface area contributed by atoms with Crippen molar-refractivity contribution in [1.29, 1.82) is 0 Å². The third kappa shape index (κ3) is 2.48. The van der Waals surface area contributed by atoms with E-state index < -0.39 is 0 Å². The number of benzene rings is 1. The second-order valence-corrected chi connectivity index (χ2v) is 7.20. The number of fused-ring (bicyclic) bond motifs is 2. The standard InChI is InChI=1S/C18H14Cl2N6/c19-12-6-4-10(5-7-12)14-2-1-3-15-22-25-18(26(14)15)11-8-13-16(20)23-24-17(13)21-9-11/h4-9,14H,1-3H2,(H,21,23,24). The van der Waals surface area contributed by atoms with Crippen molar-refractivity contribution in [3.05, 3.63) is 58.1 Å². The van der Waals surface area contributed by atoms with Gasteiger partial charge in [0.15, 0.2) is 16.6 Å². The Morgan fingerprint density at radius 2 is 1.96 bits per heavy atom. The molecule has 1 aromatic carbocycles. The fourth-order valence-corrected chi connectivity index (χ4v) is 3.91. The molecule has 0 amide bonds. The van der Waals surface area contributed by atoms with Crippen molar-refractivity contribution >= 4 is 34.2 Å². The van der Waals surface area contributed by atoms with Crippen LogP contribution in [0.1, 0.15) is 30.3 Å². The third-order valence-corrected chi connectivity index (χ3v) is 5.38. The molecular weight excluding hydrogens is 371 g/mol. The van der Waals surface area contributed by atoms with Gasteiger partial charge in [0.1, 0.15) is 5.82 Å². The lowest BCUT2D eigenvalue weighted by atomic mass is 9.96. The number of pyridine rings is 1. The van der Waals surface area contributed by atoms with Crippen LogP contribution in [0.4, 0.5) is 0 Å². The van der Waals surface area contributed by atoms with Gasteiger partial charge in [-0.1, -0.05) is 35.3 Å². The highest BCUT2D eigenvalue weighted by Gasteiger charge is 2.27. The number of hydrogen-bond acceptors (Lipinski definition) is 4. The summed E-state index contributed by atoms with van der Waals surface area (Å²) in [5.41, 5.74) is 2.73. The number of H-pyrrole nitrogens is 1. The van der Waals surface area contributed by atoms with Crippen molar-refractivity contribution < 1.29 is 0 Å². The number of nitrogens with zero attached hydrogens (tertiary/aromatic N) is 5. The van der Waals surface area contributed by atoms with Crippen LogP contribution in [0.3, 0.4) is 0 Å². The van der Waals surface area contributed by atoms with Crippen LogP contribution in [0.5, 0.6) is 0 Å². The smallest absolute Gasteiger partial charge is 0.166 e. The van der Waals surface area contributed by atoms with Gasteiger partial charge in [0, 0.05) is 23.2 Å². The first-order chi connectivity index (χ1) is 12.7. The minimum atomic E-state index is 0.177. The van der Waals surface area contributed by atoms with Crippen LogP contribution in [0.15, 0.2) is 36.5 Å². The van der Waals surface area contributed by atoms with Crippen molar-refractivity contribution in [3.63, 3.8) is 0 Å². The molecule has 0 aliphatic carbocycles. The van der Waals surface area contributed by atoms with Gasteiger partial charge in [0.25, 0.3) is 0 Å². The van der Waals surface area contributed by atoms with E-state index in [4.69, 9.17) is 23.2 Å². The fraction of sp³-hybridized carbons (Fsp3) is 0.222. The summed E-state index contributed by atoms with van der Waals surface area (Å²) in [7, 11) is 0. The molecule has 1 aliphatic rings. The Morgan fingerprint density at radius 3 is 2.81 bits per heavy atom. The lowest BCUT2D eigenvalue weighted by Gasteiger charge is -2.26. The van der Waals surface area contributed by atoms with Crippen molar-refractivity contribution in [2.75, 3.05) is 0 Å². The molecule has 0 spiro atoms. The zero-order valence-electron chi connectivity index (χ0n) is 13.7. The molecule has 6 nitrogen and oxygen atoms in total. The predicted molar refractivity (Wildman–Crippen MR) is 100 cm³/mol. The molecule has 8 heteroatoms. The van der Waals surface area contributed by atoms with Gasteiger partial charge < -0.3 is 4.57 Å². The third-order valence-electron chi connectivity index (χ3n) is 4.84. The predicted octanol–water partition coefficient (Wildman–Crippen LogP) is 4.45. The zero-order valence-corrected chi connectivity index (χ0v) is 15.2. The van der Waals surface area contributed by atoms with Crippen LogP contribution in [-0.2, 0) is 6.42 Å². The largest absolute Gasteiger partial charge is 0.303 e. The summed E-state index contributed by atoms with van der Waals surface area (Å²) in [4.78, 5) is 4.42. The molecule has 130 valence electrons. The molecule has 3 aromatic heterocycles. The Labute approximate surface area is 159 Å². The number of hydrogen-bond donors (Lipinski definition) is 1. The monoisotopic (exact) mass is 384 g/mol. The van der Waals surface area contributed by atoms with Gasteiger partial charge in [-0.25, -0.2) is 4.98 Å². The molecule has 4 aromatic rings. The maximum absolute atomic E-state index is 6.15. The molecular formula is C18H14Cl2N6. The molecule has 4 heterocycles. The molecule has 0 bridgehead atoms. The van der Waals surface area contributed by atoms with E-state index in [9.17, 15) is 0 Å². The highest BCUT2D eigenvalue weighted by Crippen LogP contribution is 2.35. The van der Waals surface area contributed by atoms with E-state index in [0.717, 1.165) is 46.9 Å². The summed E-state index contributed by atoms with van der Waals surface area (Å²) >= 11 is 12.2. The SMILES string of the molecule is Clc1ccc(C2CCCc3nnc(-c4cnc5[nH]nc(Cl)c5c4)n32)cc1. The topological polar surface area (TPSA) is 72.3 Å². The van der Waals surface area contributed by atoms with Crippen LogP contribution in [-0.4, -0.2) is 29.9 Å². The molecule has 1 N–H and O–H groups in total. The van der Waals surface area contributed by atoms with Gasteiger partial charge in [0.2, 0.25) is 0 Å². The zero-order chi connectivity index (χ0) is 17.7. The Bertz CT molecular complexity index is 1100. The summed E-state index contributed by atoms with van der Waals surface area (Å²) < 4.78 is 2.21. The Balaban J connectivity index is 1.66. The highest BCUT2D eigenvalue weighted by molar-refractivity contribution is 6.34. The molecule has 1 unspecified atom stereocenters. The molecule has 0 saturated carbocycles. The van der Waals surface area contributed by atoms with Crippen LogP contribution in [0, 0.1) is 0 Å². The second-order valence-electron chi connectivity index (χ2n) is 6.40. The fourth-order valence-electron chi connectivity index (χ4n) is 3.60. The van der Waals surface area contributed by atoms with Gasteiger partial charge in [-0.05, 0) is 36.6 Å². The molecule has 1 atom stereocenters. The van der Waals surface area contributed by atoms with Crippen LogP contribution in [0.25, 0.3) is 22.4 Å². The molecule has 0 radical (unpaired) electrons. The van der Waals surface area contributed by atoms with Crippen molar-refractivity contribution in [1.82, 2.24) is 29.9 Å². The quantitative estimate of drug-likeness (QED) is 0.553. The average Bonchev–Trinajstić information content (AvgIpc) is 3.26. The number of aromatic amines is 1. The maximum atomic E-state index is 6.15. The minimum Gasteiger partial charge on any atom is -0.303 e. The van der Waals surface area contributed by atoms with E-state index in [2.05, 4.69) is 42.1 Å². The first kappa shape index (κ1) is 15.8. The number of nitrogens with one attached hydrogen (secondary N) is 1. The maximum Gasteiger partial charge on any atom is 0.166 e. The molecule has 1 aliphatic heterocycles. The Morgan fingerprint density at radius 1 is 1.12 bits per heavy atom. The Kier molecular flexibility index (Phi) is 3.69. The summed E-state index contributed by atoms with van der Waals surface area (Å²) in [6.45, 7) is 0. The van der Waals surface area contributed by atoms with Gasteiger partial charge in [-0.3, -0.25) is 5.10 Å². The summed E-state index contributed by atoms with van der Waals surface area (Å²) in [6.07, 6.45) is 4.80. The van der Waals surface area contributed by atoms with Crippen molar-refractivity contribution in [2.24, 2.45) is 0 Å². The molecule has 0 fully saturated rings. The first-order valence-electron chi connectivity index (χ1n) is 8.40. The van der Waals surface area contributed by atoms with Crippen LogP contribution >= 0.6 is 23.2 Å². The molecule has 26 heavy (non-hydrogen) atoms. The van der Waals surface area contributed by atoms with E-state index in [1.807, 2.05) is 18.2 Å². The second kappa shape index (κ2) is 6.07. The highest BCUT2D eigenvalue weighted by atomic mass is 35.5. The summed E-state index contributed by atoms with van der Waals surface area (Å²) in [5.74, 6) is 1.79. The Hall–Kier alpha value is -2.44. The van der Waals surface area contributed by atoms with Gasteiger partial charge >= 0.3 is 0 Å². The van der Waals surface area contributed by atoms with E-state index in [-0.39, 0.29) is 6.04 Å². The summed E-state index contributed by atoms with van der Waals surface area (Å²) in [5, 5.41) is 17.6. The van der Waals surface area contributed by atoms with Gasteiger partial charge in [-0.2, -0.15) is 5.10 Å². The first-order valence-corrected chi connectivity index (χ1v) is 9.15. The van der Waals surface area contributed by atoms with E-state index in [0.29, 0.717) is 10.8 Å². The number of aromatic nitrogens is 6. The van der Waals surface area contributed by atoms with Gasteiger partial charge in [-0.15, -0.1) is 10.2 Å². The molecule has 5 rings (SSSR count). The number of aryl methyl sites for hydroxylation is 1. The van der Waals surface area contributed by atoms with Crippen molar-refractivity contribution in [3.8, 4) is 11.4 Å². The van der Waals surface area contributed by atoms with E-state index in [1.165, 1.54) is 5.56 Å². The van der Waals surface area contributed by atoms with Crippen LogP contribution in [0.2, 0.25) is 10.2 Å². The van der Waals surface area contributed by atoms with E-state index >= 15 is 0 Å². The number of halogens is 2. The average molecular weight is 385 g/mol.